The van der Waals surface area contributed by atoms with Gasteiger partial charge in [-0.05, 0) is 76.1 Å². The van der Waals surface area contributed by atoms with E-state index in [2.05, 4.69) is 15.9 Å². The maximum atomic E-state index is 12.5. The molecule has 2 amide bonds. The molecule has 0 saturated carbocycles. The highest BCUT2D eigenvalue weighted by Gasteiger charge is 2.36. The minimum absolute atomic E-state index is 0.00551. The fraction of sp³-hybridized carbons (Fsp3) is 0.190. The van der Waals surface area contributed by atoms with E-state index in [-0.39, 0.29) is 23.8 Å². The summed E-state index contributed by atoms with van der Waals surface area (Å²) in [5.41, 5.74) is 1.42. The molecule has 1 saturated heterocycles. The Morgan fingerprint density at radius 3 is 2.56 bits per heavy atom. The number of nitro benzene ring substituents is 1. The van der Waals surface area contributed by atoms with Crippen LogP contribution >= 0.6 is 27.7 Å². The summed E-state index contributed by atoms with van der Waals surface area (Å²) in [6, 6.07) is 11.2. The van der Waals surface area contributed by atoms with Crippen LogP contribution in [0.25, 0.3) is 6.08 Å². The molecule has 0 bridgehead atoms. The summed E-state index contributed by atoms with van der Waals surface area (Å²) in [6.07, 6.45) is 1.56. The topological polar surface area (TPSA) is 116 Å². The molecule has 2 aromatic rings. The molecule has 1 aliphatic heterocycles. The van der Waals surface area contributed by atoms with Crippen molar-refractivity contribution in [2.45, 2.75) is 13.5 Å². The molecular formula is C21H17BrN2O7S. The van der Waals surface area contributed by atoms with Crippen LogP contribution in [-0.2, 0) is 20.9 Å². The molecule has 2 aromatic carbocycles. The number of halogens is 1. The summed E-state index contributed by atoms with van der Waals surface area (Å²) in [5.74, 6) is -0.660. The zero-order valence-electron chi connectivity index (χ0n) is 16.8. The quantitative estimate of drug-likeness (QED) is 0.215. The molecule has 0 unspecified atom stereocenters. The lowest BCUT2D eigenvalue weighted by molar-refractivity contribution is -0.384. The summed E-state index contributed by atoms with van der Waals surface area (Å²) in [5, 5.41) is 10.2. The molecule has 32 heavy (non-hydrogen) atoms. The number of carbonyl (C=O) groups excluding carboxylic acids is 3. The second-order valence-corrected chi connectivity index (χ2v) is 8.32. The number of imide groups is 1. The van der Waals surface area contributed by atoms with Gasteiger partial charge in [0.2, 0.25) is 0 Å². The van der Waals surface area contributed by atoms with Gasteiger partial charge in [0.15, 0.2) is 0 Å². The third-order valence-corrected chi connectivity index (χ3v) is 5.79. The first-order valence-corrected chi connectivity index (χ1v) is 11.0. The number of rotatable bonds is 8. The van der Waals surface area contributed by atoms with Crippen molar-refractivity contribution in [3.63, 3.8) is 0 Å². The zero-order chi connectivity index (χ0) is 23.3. The molecule has 0 aliphatic carbocycles. The van der Waals surface area contributed by atoms with E-state index in [0.717, 1.165) is 22.2 Å². The maximum absolute atomic E-state index is 12.5. The smallest absolute Gasteiger partial charge is 0.326 e. The van der Waals surface area contributed by atoms with Gasteiger partial charge in [-0.2, -0.15) is 0 Å². The lowest BCUT2D eigenvalue weighted by Crippen LogP contribution is -2.34. The minimum Gasteiger partial charge on any atom is -0.488 e. The van der Waals surface area contributed by atoms with Crippen molar-refractivity contribution in [2.75, 3.05) is 13.2 Å². The lowest BCUT2D eigenvalue weighted by atomic mass is 10.2. The monoisotopic (exact) mass is 520 g/mol. The average Bonchev–Trinajstić information content (AvgIpc) is 3.01. The van der Waals surface area contributed by atoms with E-state index in [9.17, 15) is 24.5 Å². The first kappa shape index (κ1) is 23.5. The molecule has 1 heterocycles. The van der Waals surface area contributed by atoms with E-state index < -0.39 is 28.6 Å². The number of nitro groups is 1. The van der Waals surface area contributed by atoms with Crippen LogP contribution in [0.2, 0.25) is 0 Å². The Balaban J connectivity index is 1.66. The average molecular weight is 521 g/mol. The van der Waals surface area contributed by atoms with E-state index in [4.69, 9.17) is 9.47 Å². The van der Waals surface area contributed by atoms with Crippen molar-refractivity contribution >= 4 is 56.6 Å². The molecular weight excluding hydrogens is 504 g/mol. The van der Waals surface area contributed by atoms with Crippen molar-refractivity contribution in [1.82, 2.24) is 4.90 Å². The number of ether oxygens (including phenoxy) is 2. The van der Waals surface area contributed by atoms with Crippen molar-refractivity contribution in [1.29, 1.82) is 0 Å². The number of amides is 2. The normalized spacial score (nSPS) is 14.7. The third-order valence-electron chi connectivity index (χ3n) is 4.26. The van der Waals surface area contributed by atoms with Crippen LogP contribution in [0.3, 0.4) is 0 Å². The van der Waals surface area contributed by atoms with Crippen molar-refractivity contribution in [2.24, 2.45) is 0 Å². The first-order valence-electron chi connectivity index (χ1n) is 9.35. The highest BCUT2D eigenvalue weighted by Crippen LogP contribution is 2.34. The van der Waals surface area contributed by atoms with Gasteiger partial charge in [-0.1, -0.05) is 6.07 Å². The fourth-order valence-electron chi connectivity index (χ4n) is 2.72. The molecule has 1 fully saturated rings. The van der Waals surface area contributed by atoms with Gasteiger partial charge in [-0.15, -0.1) is 0 Å². The van der Waals surface area contributed by atoms with Crippen molar-refractivity contribution in [3.05, 3.63) is 73.1 Å². The van der Waals surface area contributed by atoms with Crippen LogP contribution in [0.4, 0.5) is 10.5 Å². The van der Waals surface area contributed by atoms with Crippen LogP contribution in [0, 0.1) is 10.1 Å². The first-order chi connectivity index (χ1) is 15.3. The van der Waals surface area contributed by atoms with Crippen LogP contribution in [-0.4, -0.2) is 40.1 Å². The molecule has 1 aliphatic rings. The van der Waals surface area contributed by atoms with E-state index in [1.807, 2.05) is 0 Å². The third kappa shape index (κ3) is 5.74. The van der Waals surface area contributed by atoms with E-state index in [1.54, 1.807) is 43.3 Å². The van der Waals surface area contributed by atoms with Crippen LogP contribution in [0.15, 0.2) is 51.8 Å². The van der Waals surface area contributed by atoms with Gasteiger partial charge in [-0.3, -0.25) is 29.4 Å². The number of thioether (sulfide) groups is 1. The Morgan fingerprint density at radius 1 is 1.22 bits per heavy atom. The number of hydrogen-bond donors (Lipinski definition) is 0. The van der Waals surface area contributed by atoms with E-state index in [1.165, 1.54) is 12.1 Å². The number of carbonyl (C=O) groups is 3. The predicted molar refractivity (Wildman–Crippen MR) is 121 cm³/mol. The Hall–Kier alpha value is -3.18. The zero-order valence-corrected chi connectivity index (χ0v) is 19.2. The van der Waals surface area contributed by atoms with E-state index >= 15 is 0 Å². The minimum atomic E-state index is -0.645. The fourth-order valence-corrected chi connectivity index (χ4v) is 4.07. The molecule has 0 aromatic heterocycles. The Morgan fingerprint density at radius 2 is 1.94 bits per heavy atom. The second kappa shape index (κ2) is 10.4. The molecule has 0 N–H and O–H groups in total. The molecule has 0 radical (unpaired) electrons. The maximum Gasteiger partial charge on any atom is 0.326 e. The van der Waals surface area contributed by atoms with Crippen molar-refractivity contribution < 1.29 is 28.8 Å². The summed E-state index contributed by atoms with van der Waals surface area (Å²) in [6.45, 7) is 1.60. The van der Waals surface area contributed by atoms with Gasteiger partial charge in [0.1, 0.15) is 18.9 Å². The molecule has 166 valence electrons. The summed E-state index contributed by atoms with van der Waals surface area (Å²) in [7, 11) is 0. The number of hydrogen-bond acceptors (Lipinski definition) is 8. The van der Waals surface area contributed by atoms with Crippen LogP contribution in [0.1, 0.15) is 18.1 Å². The van der Waals surface area contributed by atoms with Gasteiger partial charge < -0.3 is 9.47 Å². The van der Waals surface area contributed by atoms with Crippen LogP contribution in [0.5, 0.6) is 5.75 Å². The van der Waals surface area contributed by atoms with Gasteiger partial charge in [0.05, 0.1) is 20.9 Å². The second-order valence-electron chi connectivity index (χ2n) is 6.47. The highest BCUT2D eigenvalue weighted by atomic mass is 79.9. The van der Waals surface area contributed by atoms with Gasteiger partial charge >= 0.3 is 5.97 Å². The summed E-state index contributed by atoms with van der Waals surface area (Å²) in [4.78, 5) is 47.5. The SMILES string of the molecule is CCOC(=O)CN1C(=O)S/C(=C/c2ccc(OCc3ccc([N+](=O)[O-])cc3)c(Br)c2)C1=O. The molecule has 0 atom stereocenters. The number of benzene rings is 2. The predicted octanol–water partition coefficient (Wildman–Crippen LogP) is 4.54. The largest absolute Gasteiger partial charge is 0.488 e. The van der Waals surface area contributed by atoms with Crippen LogP contribution < -0.4 is 4.74 Å². The van der Waals surface area contributed by atoms with Gasteiger partial charge in [0.25, 0.3) is 16.8 Å². The summed E-state index contributed by atoms with van der Waals surface area (Å²) >= 11 is 4.17. The molecule has 0 spiro atoms. The van der Waals surface area contributed by atoms with E-state index in [0.29, 0.717) is 15.8 Å². The molecule has 3 rings (SSSR count). The number of nitrogens with zero attached hydrogens (tertiary/aromatic N) is 2. The van der Waals surface area contributed by atoms with Gasteiger partial charge in [-0.25, -0.2) is 0 Å². The lowest BCUT2D eigenvalue weighted by Gasteiger charge is -2.11. The number of esters is 1. The standard InChI is InChI=1S/C21H17BrN2O7S/c1-2-30-19(25)11-23-20(26)18(32-21(23)27)10-14-5-8-17(16(22)9-14)31-12-13-3-6-15(7-4-13)24(28)29/h3-10H,2,11-12H2,1H3/b18-10+. The molecule has 11 heteroatoms. The Kier molecular flexibility index (Phi) is 7.65. The number of non-ortho nitro benzene ring substituents is 1. The Bertz CT molecular complexity index is 1100. The highest BCUT2D eigenvalue weighted by molar-refractivity contribution is 9.10. The molecule has 9 nitrogen and oxygen atoms in total. The van der Waals surface area contributed by atoms with Crippen molar-refractivity contribution in [3.8, 4) is 5.75 Å². The summed E-state index contributed by atoms with van der Waals surface area (Å²) < 4.78 is 11.2. The Labute approximate surface area is 195 Å². The van der Waals surface area contributed by atoms with Gasteiger partial charge in [0, 0.05) is 12.1 Å².